The summed E-state index contributed by atoms with van der Waals surface area (Å²) in [6.07, 6.45) is 14.0. The molecule has 0 atom stereocenters. The van der Waals surface area contributed by atoms with Crippen molar-refractivity contribution in [2.45, 2.75) is 50.9 Å². The molecule has 0 heterocycles. The number of unbranched alkanes of at least 4 members (excludes halogenated alkanes) is 3. The Bertz CT molecular complexity index is 675. The maximum atomic E-state index is 4.06. The van der Waals surface area contributed by atoms with E-state index in [1.807, 2.05) is 0 Å². The Balaban J connectivity index is 1.95. The van der Waals surface area contributed by atoms with Gasteiger partial charge in [-0.05, 0) is 47.9 Å². The standard InChI is InChI=1S/C24H28/c1-3-5-6-7-8-13-19-24(18-4-2)22-16-11-9-14-20(22)21-15-10-12-17-23(21)24/h4,8-17H,2-3,5-7,18-19H2,1H3/b13-8+. The van der Waals surface area contributed by atoms with E-state index in [9.17, 15) is 0 Å². The minimum Gasteiger partial charge on any atom is -0.103 e. The molecule has 0 aliphatic heterocycles. The maximum Gasteiger partial charge on any atom is 0.0283 e. The second-order valence-electron chi connectivity index (χ2n) is 6.84. The Morgan fingerprint density at radius 1 is 0.833 bits per heavy atom. The van der Waals surface area contributed by atoms with Crippen molar-refractivity contribution in [2.75, 3.05) is 0 Å². The summed E-state index contributed by atoms with van der Waals surface area (Å²) in [5, 5.41) is 0. The summed E-state index contributed by atoms with van der Waals surface area (Å²) in [6.45, 7) is 6.32. The lowest BCUT2D eigenvalue weighted by Gasteiger charge is -2.30. The molecule has 1 aliphatic rings. The molecule has 0 unspecified atom stereocenters. The van der Waals surface area contributed by atoms with Gasteiger partial charge in [-0.25, -0.2) is 0 Å². The van der Waals surface area contributed by atoms with Gasteiger partial charge in [0.2, 0.25) is 0 Å². The minimum absolute atomic E-state index is 0.0518. The number of allylic oxidation sites excluding steroid dienone is 3. The SMILES string of the molecule is C=CCC1(C/C=C/CCCCC)c2ccccc2-c2ccccc21. The van der Waals surface area contributed by atoms with E-state index in [0.29, 0.717) is 0 Å². The van der Waals surface area contributed by atoms with E-state index in [2.05, 4.69) is 80.3 Å². The van der Waals surface area contributed by atoms with Crippen molar-refractivity contribution in [3.63, 3.8) is 0 Å². The van der Waals surface area contributed by atoms with Crippen LogP contribution in [0.25, 0.3) is 11.1 Å². The zero-order chi connectivity index (χ0) is 16.8. The van der Waals surface area contributed by atoms with E-state index in [1.165, 1.54) is 47.9 Å². The fourth-order valence-electron chi connectivity index (χ4n) is 4.10. The van der Waals surface area contributed by atoms with Crippen LogP contribution in [0, 0.1) is 0 Å². The molecule has 0 heteroatoms. The van der Waals surface area contributed by atoms with E-state index in [4.69, 9.17) is 0 Å². The summed E-state index contributed by atoms with van der Waals surface area (Å²) in [7, 11) is 0. The summed E-state index contributed by atoms with van der Waals surface area (Å²) < 4.78 is 0. The molecule has 0 saturated heterocycles. The Kier molecular flexibility index (Phi) is 5.35. The summed E-state index contributed by atoms with van der Waals surface area (Å²) >= 11 is 0. The molecule has 0 N–H and O–H groups in total. The third kappa shape index (κ3) is 2.98. The van der Waals surface area contributed by atoms with E-state index < -0.39 is 0 Å². The third-order valence-electron chi connectivity index (χ3n) is 5.28. The number of fused-ring (bicyclic) bond motifs is 3. The molecular formula is C24H28. The van der Waals surface area contributed by atoms with Gasteiger partial charge in [-0.3, -0.25) is 0 Å². The zero-order valence-electron chi connectivity index (χ0n) is 14.8. The van der Waals surface area contributed by atoms with E-state index >= 15 is 0 Å². The van der Waals surface area contributed by atoms with Crippen LogP contribution in [0.3, 0.4) is 0 Å². The second kappa shape index (κ2) is 7.66. The van der Waals surface area contributed by atoms with E-state index in [1.54, 1.807) is 0 Å². The molecule has 0 amide bonds. The molecular weight excluding hydrogens is 288 g/mol. The number of rotatable bonds is 8. The first-order valence-electron chi connectivity index (χ1n) is 9.29. The smallest absolute Gasteiger partial charge is 0.0283 e. The lowest BCUT2D eigenvalue weighted by atomic mass is 9.73. The topological polar surface area (TPSA) is 0 Å². The Morgan fingerprint density at radius 3 is 2.04 bits per heavy atom. The average molecular weight is 316 g/mol. The molecule has 1 aliphatic carbocycles. The Morgan fingerprint density at radius 2 is 1.46 bits per heavy atom. The van der Waals surface area contributed by atoms with Crippen molar-refractivity contribution in [3.8, 4) is 11.1 Å². The summed E-state index contributed by atoms with van der Waals surface area (Å²) in [4.78, 5) is 0. The van der Waals surface area contributed by atoms with Gasteiger partial charge in [-0.2, -0.15) is 0 Å². The van der Waals surface area contributed by atoms with Gasteiger partial charge in [0, 0.05) is 5.41 Å². The number of hydrogen-bond acceptors (Lipinski definition) is 0. The van der Waals surface area contributed by atoms with Crippen LogP contribution >= 0.6 is 0 Å². The highest BCUT2D eigenvalue weighted by Crippen LogP contribution is 2.52. The van der Waals surface area contributed by atoms with Crippen molar-refractivity contribution in [2.24, 2.45) is 0 Å². The van der Waals surface area contributed by atoms with Gasteiger partial charge < -0.3 is 0 Å². The van der Waals surface area contributed by atoms with Gasteiger partial charge in [0.05, 0.1) is 0 Å². The third-order valence-corrected chi connectivity index (χ3v) is 5.28. The van der Waals surface area contributed by atoms with Crippen LogP contribution in [0.2, 0.25) is 0 Å². The first-order chi connectivity index (χ1) is 11.8. The van der Waals surface area contributed by atoms with Gasteiger partial charge in [0.1, 0.15) is 0 Å². The van der Waals surface area contributed by atoms with E-state index in [0.717, 1.165) is 12.8 Å². The molecule has 2 aromatic rings. The highest BCUT2D eigenvalue weighted by atomic mass is 14.4. The molecule has 0 radical (unpaired) electrons. The Labute approximate surface area is 146 Å². The predicted molar refractivity (Wildman–Crippen MR) is 105 cm³/mol. The highest BCUT2D eigenvalue weighted by molar-refractivity contribution is 5.81. The lowest BCUT2D eigenvalue weighted by Crippen LogP contribution is -2.23. The van der Waals surface area contributed by atoms with Crippen molar-refractivity contribution >= 4 is 0 Å². The molecule has 0 fully saturated rings. The van der Waals surface area contributed by atoms with Crippen molar-refractivity contribution < 1.29 is 0 Å². The molecule has 0 bridgehead atoms. The van der Waals surface area contributed by atoms with Crippen LogP contribution in [0.4, 0.5) is 0 Å². The fraction of sp³-hybridized carbons (Fsp3) is 0.333. The van der Waals surface area contributed by atoms with Crippen molar-refractivity contribution in [1.29, 1.82) is 0 Å². The molecule has 124 valence electrons. The van der Waals surface area contributed by atoms with Gasteiger partial charge in [-0.1, -0.05) is 86.5 Å². The largest absolute Gasteiger partial charge is 0.103 e. The summed E-state index contributed by atoms with van der Waals surface area (Å²) in [5.74, 6) is 0. The molecule has 0 aromatic heterocycles. The summed E-state index contributed by atoms with van der Waals surface area (Å²) in [6, 6.07) is 17.8. The monoisotopic (exact) mass is 316 g/mol. The molecule has 3 rings (SSSR count). The normalized spacial score (nSPS) is 14.5. The first-order valence-corrected chi connectivity index (χ1v) is 9.29. The molecule has 24 heavy (non-hydrogen) atoms. The maximum absolute atomic E-state index is 4.06. The zero-order valence-corrected chi connectivity index (χ0v) is 14.8. The van der Waals surface area contributed by atoms with Crippen molar-refractivity contribution in [3.05, 3.63) is 84.5 Å². The molecule has 0 saturated carbocycles. The van der Waals surface area contributed by atoms with Crippen LogP contribution in [-0.2, 0) is 5.41 Å². The van der Waals surface area contributed by atoms with Crippen LogP contribution in [0.15, 0.2) is 73.3 Å². The Hall–Kier alpha value is -2.08. The van der Waals surface area contributed by atoms with Gasteiger partial charge >= 0.3 is 0 Å². The fourth-order valence-corrected chi connectivity index (χ4v) is 4.10. The summed E-state index contributed by atoms with van der Waals surface area (Å²) in [5.41, 5.74) is 5.77. The van der Waals surface area contributed by atoms with Gasteiger partial charge in [-0.15, -0.1) is 6.58 Å². The van der Waals surface area contributed by atoms with Gasteiger partial charge in [0.15, 0.2) is 0 Å². The minimum atomic E-state index is 0.0518. The predicted octanol–water partition coefficient (Wildman–Crippen LogP) is 7.06. The van der Waals surface area contributed by atoms with Crippen LogP contribution in [0.1, 0.15) is 56.6 Å². The van der Waals surface area contributed by atoms with E-state index in [-0.39, 0.29) is 5.41 Å². The highest BCUT2D eigenvalue weighted by Gasteiger charge is 2.40. The first kappa shape index (κ1) is 16.8. The van der Waals surface area contributed by atoms with Crippen LogP contribution < -0.4 is 0 Å². The molecule has 0 nitrogen and oxygen atoms in total. The quantitative estimate of drug-likeness (QED) is 0.361. The number of hydrogen-bond donors (Lipinski definition) is 0. The average Bonchev–Trinajstić information content (AvgIpc) is 2.90. The van der Waals surface area contributed by atoms with Gasteiger partial charge in [0.25, 0.3) is 0 Å². The van der Waals surface area contributed by atoms with Crippen molar-refractivity contribution in [1.82, 2.24) is 0 Å². The van der Waals surface area contributed by atoms with Crippen LogP contribution in [-0.4, -0.2) is 0 Å². The second-order valence-corrected chi connectivity index (χ2v) is 6.84. The number of benzene rings is 2. The lowest BCUT2D eigenvalue weighted by molar-refractivity contribution is 0.542. The molecule has 0 spiro atoms. The van der Waals surface area contributed by atoms with Crippen LogP contribution in [0.5, 0.6) is 0 Å². The molecule has 2 aromatic carbocycles.